The second-order valence-electron chi connectivity index (χ2n) is 8.34. The molecule has 3 aromatic rings. The third-order valence-electron chi connectivity index (χ3n) is 6.13. The number of nitrogens with zero attached hydrogens (tertiary/aromatic N) is 2. The molecular weight excluding hydrogens is 438 g/mol. The molecule has 2 aromatic carbocycles. The van der Waals surface area contributed by atoms with Gasteiger partial charge in [0, 0.05) is 28.5 Å². The number of nitrogens with one attached hydrogen (secondary N) is 1. The molecule has 0 aliphatic carbocycles. The first kappa shape index (κ1) is 22.8. The van der Waals surface area contributed by atoms with Gasteiger partial charge in [-0.05, 0) is 49.9 Å². The minimum atomic E-state index is -0.613. The summed E-state index contributed by atoms with van der Waals surface area (Å²) in [5, 5.41) is 3.38. The predicted octanol–water partition coefficient (Wildman–Crippen LogP) is 4.54. The van der Waals surface area contributed by atoms with Gasteiger partial charge in [0.05, 0.1) is 6.54 Å². The number of carbonyl (C=O) groups is 3. The summed E-state index contributed by atoms with van der Waals surface area (Å²) in [7, 11) is 0. The molecule has 1 aliphatic heterocycles. The van der Waals surface area contributed by atoms with Gasteiger partial charge in [0.2, 0.25) is 0 Å². The van der Waals surface area contributed by atoms with Gasteiger partial charge in [0.1, 0.15) is 6.04 Å². The molecule has 0 bridgehead atoms. The summed E-state index contributed by atoms with van der Waals surface area (Å²) >= 11 is 6.30. The Bertz CT molecular complexity index is 1200. The highest BCUT2D eigenvalue weighted by Crippen LogP contribution is 2.22. The normalized spacial score (nSPS) is 15.7. The summed E-state index contributed by atoms with van der Waals surface area (Å²) in [5.41, 5.74) is 4.25. The highest BCUT2D eigenvalue weighted by Gasteiger charge is 2.39. The van der Waals surface area contributed by atoms with Crippen molar-refractivity contribution in [3.8, 4) is 0 Å². The number of aryl methyl sites for hydroxylation is 2. The van der Waals surface area contributed by atoms with Gasteiger partial charge < -0.3 is 9.88 Å². The van der Waals surface area contributed by atoms with E-state index >= 15 is 0 Å². The van der Waals surface area contributed by atoms with Crippen LogP contribution >= 0.6 is 11.6 Å². The SMILES string of the molecule is Cc1cc(C(=O)CN2C(=O)NC(CCc3ccccc3)C2=O)c(C)n1Cc1ccccc1Cl. The van der Waals surface area contributed by atoms with E-state index in [0.717, 1.165) is 27.4 Å². The van der Waals surface area contributed by atoms with Crippen molar-refractivity contribution in [2.45, 2.75) is 39.3 Å². The molecule has 3 amide bonds. The number of carbonyl (C=O) groups excluding carboxylic acids is 3. The van der Waals surface area contributed by atoms with Gasteiger partial charge in [-0.25, -0.2) is 4.79 Å². The van der Waals surface area contributed by atoms with Crippen LogP contribution in [0.15, 0.2) is 60.7 Å². The molecule has 0 saturated carbocycles. The van der Waals surface area contributed by atoms with E-state index in [1.54, 1.807) is 6.07 Å². The molecule has 7 heteroatoms. The maximum atomic E-state index is 13.1. The van der Waals surface area contributed by atoms with Crippen molar-refractivity contribution in [2.24, 2.45) is 0 Å². The quantitative estimate of drug-likeness (QED) is 0.393. The van der Waals surface area contributed by atoms with E-state index in [4.69, 9.17) is 11.6 Å². The predicted molar refractivity (Wildman–Crippen MR) is 128 cm³/mol. The zero-order valence-corrected chi connectivity index (χ0v) is 19.4. The molecule has 0 spiro atoms. The Morgan fingerprint density at radius 2 is 1.73 bits per heavy atom. The second kappa shape index (κ2) is 9.63. The van der Waals surface area contributed by atoms with Crippen molar-refractivity contribution in [1.29, 1.82) is 0 Å². The zero-order valence-electron chi connectivity index (χ0n) is 18.7. The van der Waals surface area contributed by atoms with Crippen LogP contribution in [0, 0.1) is 13.8 Å². The first-order valence-electron chi connectivity index (χ1n) is 10.9. The van der Waals surface area contributed by atoms with Gasteiger partial charge in [-0.15, -0.1) is 0 Å². The number of Topliss-reactive ketones (excluding diaryl/α,β-unsaturated/α-hetero) is 1. The van der Waals surface area contributed by atoms with Crippen molar-refractivity contribution in [3.05, 3.63) is 93.8 Å². The van der Waals surface area contributed by atoms with E-state index in [2.05, 4.69) is 5.32 Å². The van der Waals surface area contributed by atoms with Crippen LogP contribution in [0.3, 0.4) is 0 Å². The molecule has 4 rings (SSSR count). The first-order valence-corrected chi connectivity index (χ1v) is 11.3. The maximum absolute atomic E-state index is 13.1. The van der Waals surface area contributed by atoms with Gasteiger partial charge in [0.15, 0.2) is 5.78 Å². The lowest BCUT2D eigenvalue weighted by molar-refractivity contribution is -0.127. The summed E-state index contributed by atoms with van der Waals surface area (Å²) in [4.78, 5) is 39.3. The summed E-state index contributed by atoms with van der Waals surface area (Å²) in [6, 6.07) is 18.1. The molecule has 170 valence electrons. The number of hydrogen-bond acceptors (Lipinski definition) is 3. The van der Waals surface area contributed by atoms with E-state index in [1.807, 2.05) is 73.0 Å². The highest BCUT2D eigenvalue weighted by molar-refractivity contribution is 6.31. The van der Waals surface area contributed by atoms with Crippen molar-refractivity contribution < 1.29 is 14.4 Å². The summed E-state index contributed by atoms with van der Waals surface area (Å²) in [5.74, 6) is -0.616. The molecule has 1 N–H and O–H groups in total. The fraction of sp³-hybridized carbons (Fsp3) is 0.269. The van der Waals surface area contributed by atoms with Gasteiger partial charge in [-0.3, -0.25) is 14.5 Å². The smallest absolute Gasteiger partial charge is 0.325 e. The minimum Gasteiger partial charge on any atom is -0.344 e. The molecule has 1 aromatic heterocycles. The Morgan fingerprint density at radius 1 is 1.03 bits per heavy atom. The minimum absolute atomic E-state index is 0.263. The Balaban J connectivity index is 1.44. The number of aromatic nitrogens is 1. The van der Waals surface area contributed by atoms with Gasteiger partial charge in [-0.1, -0.05) is 60.1 Å². The molecule has 2 heterocycles. The summed E-state index contributed by atoms with van der Waals surface area (Å²) < 4.78 is 2.02. The van der Waals surface area contributed by atoms with Crippen LogP contribution in [0.5, 0.6) is 0 Å². The number of rotatable bonds is 8. The Kier molecular flexibility index (Phi) is 6.65. The molecule has 6 nitrogen and oxygen atoms in total. The molecule has 0 radical (unpaired) electrons. The van der Waals surface area contributed by atoms with E-state index in [1.165, 1.54) is 0 Å². The van der Waals surface area contributed by atoms with E-state index in [9.17, 15) is 14.4 Å². The number of hydrogen-bond donors (Lipinski definition) is 1. The molecule has 1 atom stereocenters. The molecular formula is C26H26ClN3O3. The van der Waals surface area contributed by atoms with E-state index < -0.39 is 12.1 Å². The number of urea groups is 1. The van der Waals surface area contributed by atoms with Crippen LogP contribution in [-0.2, 0) is 17.8 Å². The molecule has 1 saturated heterocycles. The van der Waals surface area contributed by atoms with Crippen LogP contribution in [-0.4, -0.2) is 39.8 Å². The lowest BCUT2D eigenvalue weighted by Gasteiger charge is -2.13. The van der Waals surface area contributed by atoms with Crippen LogP contribution < -0.4 is 5.32 Å². The number of amides is 3. The van der Waals surface area contributed by atoms with Gasteiger partial charge >= 0.3 is 6.03 Å². The first-order chi connectivity index (χ1) is 15.8. The summed E-state index contributed by atoms with van der Waals surface area (Å²) in [6.07, 6.45) is 1.16. The van der Waals surface area contributed by atoms with Crippen LogP contribution in [0.1, 0.15) is 39.3 Å². The fourth-order valence-corrected chi connectivity index (χ4v) is 4.43. The Labute approximate surface area is 198 Å². The summed E-state index contributed by atoms with van der Waals surface area (Å²) in [6.45, 7) is 4.05. The van der Waals surface area contributed by atoms with E-state index in [-0.39, 0.29) is 18.2 Å². The third kappa shape index (κ3) is 4.86. The number of ketones is 1. The zero-order chi connectivity index (χ0) is 23.5. The maximum Gasteiger partial charge on any atom is 0.325 e. The van der Waals surface area contributed by atoms with Crippen molar-refractivity contribution in [1.82, 2.24) is 14.8 Å². The van der Waals surface area contributed by atoms with Crippen LogP contribution in [0.4, 0.5) is 4.79 Å². The van der Waals surface area contributed by atoms with Crippen LogP contribution in [0.2, 0.25) is 5.02 Å². The molecule has 1 fully saturated rings. The molecule has 1 aliphatic rings. The van der Waals surface area contributed by atoms with Crippen molar-refractivity contribution in [2.75, 3.05) is 6.54 Å². The van der Waals surface area contributed by atoms with Crippen molar-refractivity contribution >= 4 is 29.3 Å². The fourth-order valence-electron chi connectivity index (χ4n) is 4.23. The third-order valence-corrected chi connectivity index (χ3v) is 6.50. The lowest BCUT2D eigenvalue weighted by atomic mass is 10.1. The monoisotopic (exact) mass is 463 g/mol. The number of imide groups is 1. The van der Waals surface area contributed by atoms with Gasteiger partial charge in [0.25, 0.3) is 5.91 Å². The van der Waals surface area contributed by atoms with E-state index in [0.29, 0.717) is 30.0 Å². The number of benzene rings is 2. The second-order valence-corrected chi connectivity index (χ2v) is 8.74. The topological polar surface area (TPSA) is 71.4 Å². The Morgan fingerprint density at radius 3 is 2.45 bits per heavy atom. The van der Waals surface area contributed by atoms with Crippen LogP contribution in [0.25, 0.3) is 0 Å². The average Bonchev–Trinajstić information content (AvgIpc) is 3.24. The lowest BCUT2D eigenvalue weighted by Crippen LogP contribution is -2.36. The Hall–Kier alpha value is -3.38. The average molecular weight is 464 g/mol. The highest BCUT2D eigenvalue weighted by atomic mass is 35.5. The molecule has 1 unspecified atom stereocenters. The standard InChI is InChI=1S/C26H26ClN3O3/c1-17-14-21(18(2)29(17)15-20-10-6-7-11-22(20)27)24(31)16-30-25(32)23(28-26(30)33)13-12-19-8-4-3-5-9-19/h3-11,14,23H,12-13,15-16H2,1-2H3,(H,28,33). The number of halogens is 1. The molecule has 33 heavy (non-hydrogen) atoms. The van der Waals surface area contributed by atoms with Gasteiger partial charge in [-0.2, -0.15) is 0 Å². The largest absolute Gasteiger partial charge is 0.344 e. The van der Waals surface area contributed by atoms with Crippen molar-refractivity contribution in [3.63, 3.8) is 0 Å².